The Hall–Kier alpha value is 0.799. The van der Waals surface area contributed by atoms with Crippen LogP contribution in [0, 0.1) is 0 Å². The summed E-state index contributed by atoms with van der Waals surface area (Å²) < 4.78 is 0. The molecule has 0 atom stereocenters. The SMILES string of the molecule is CCCCCC.[SnH2]. The van der Waals surface area contributed by atoms with E-state index in [1.54, 1.807) is 0 Å². The average Bonchev–Trinajstić information content (AvgIpc) is 1.61. The number of rotatable bonds is 3. The Morgan fingerprint density at radius 1 is 0.857 bits per heavy atom. The van der Waals surface area contributed by atoms with E-state index in [9.17, 15) is 0 Å². The molecular weight excluding hydrogens is 191 g/mol. The van der Waals surface area contributed by atoms with Crippen LogP contribution in [0.4, 0.5) is 0 Å². The molecule has 44 valence electrons. The zero-order valence-corrected chi connectivity index (χ0v) is 9.57. The predicted molar refractivity (Wildman–Crippen MR) is 38.4 cm³/mol. The fourth-order valence-electron chi connectivity index (χ4n) is 0.500. The Bertz CT molecular complexity index is 16.1. The molecule has 0 aromatic rings. The monoisotopic (exact) mass is 208 g/mol. The molecule has 0 nitrogen and oxygen atoms in total. The maximum absolute atomic E-state index is 2.23. The topological polar surface area (TPSA) is 0 Å². The van der Waals surface area contributed by atoms with E-state index < -0.39 is 0 Å². The van der Waals surface area contributed by atoms with Gasteiger partial charge in [-0.15, -0.1) is 0 Å². The molecule has 0 aliphatic carbocycles. The van der Waals surface area contributed by atoms with E-state index >= 15 is 0 Å². The van der Waals surface area contributed by atoms with Crippen molar-refractivity contribution in [1.29, 1.82) is 0 Å². The molecule has 0 unspecified atom stereocenters. The van der Waals surface area contributed by atoms with Gasteiger partial charge in [-0.05, 0) is 0 Å². The second-order valence-corrected chi connectivity index (χ2v) is 1.71. The fourth-order valence-corrected chi connectivity index (χ4v) is 0.500. The summed E-state index contributed by atoms with van der Waals surface area (Å²) >= 11 is 0. The number of hydrogen-bond donors (Lipinski definition) is 0. The Morgan fingerprint density at radius 3 is 1.29 bits per heavy atom. The van der Waals surface area contributed by atoms with E-state index in [1.165, 1.54) is 25.7 Å². The van der Waals surface area contributed by atoms with Gasteiger partial charge < -0.3 is 0 Å². The zero-order chi connectivity index (χ0) is 4.83. The van der Waals surface area contributed by atoms with Crippen LogP contribution in [0.3, 0.4) is 0 Å². The predicted octanol–water partition coefficient (Wildman–Crippen LogP) is 1.67. The van der Waals surface area contributed by atoms with Crippen LogP contribution in [0.5, 0.6) is 0 Å². The van der Waals surface area contributed by atoms with E-state index in [2.05, 4.69) is 13.8 Å². The zero-order valence-electron chi connectivity index (χ0n) is 5.54. The Labute approximate surface area is 63.6 Å². The molecule has 0 fully saturated rings. The van der Waals surface area contributed by atoms with E-state index in [0.717, 1.165) is 0 Å². The first-order valence-corrected chi connectivity index (χ1v) is 2.91. The molecule has 1 heteroatoms. The first-order valence-electron chi connectivity index (χ1n) is 2.91. The molecular formula is C6H16Sn. The maximum atomic E-state index is 2.23. The summed E-state index contributed by atoms with van der Waals surface area (Å²) in [6.45, 7) is 4.46. The van der Waals surface area contributed by atoms with Gasteiger partial charge in [-0.2, -0.15) is 0 Å². The van der Waals surface area contributed by atoms with Crippen LogP contribution in [-0.4, -0.2) is 23.9 Å². The van der Waals surface area contributed by atoms with Gasteiger partial charge >= 0.3 is 23.9 Å². The summed E-state index contributed by atoms with van der Waals surface area (Å²) in [5.41, 5.74) is 0. The molecule has 7 heavy (non-hydrogen) atoms. The summed E-state index contributed by atoms with van der Waals surface area (Å²) in [6, 6.07) is 0. The Morgan fingerprint density at radius 2 is 1.14 bits per heavy atom. The second kappa shape index (κ2) is 9.93. The van der Waals surface area contributed by atoms with Crippen molar-refractivity contribution in [2.24, 2.45) is 0 Å². The molecule has 0 aromatic carbocycles. The minimum atomic E-state index is 0. The quantitative estimate of drug-likeness (QED) is 0.487. The van der Waals surface area contributed by atoms with Gasteiger partial charge in [0.2, 0.25) is 0 Å². The van der Waals surface area contributed by atoms with E-state index in [-0.39, 0.29) is 23.9 Å². The molecule has 0 bridgehead atoms. The third kappa shape index (κ3) is 10.8. The molecule has 0 saturated heterocycles. The van der Waals surface area contributed by atoms with Crippen LogP contribution >= 0.6 is 0 Å². The second-order valence-electron chi connectivity index (χ2n) is 1.71. The molecule has 0 aliphatic rings. The van der Waals surface area contributed by atoms with Crippen molar-refractivity contribution in [3.05, 3.63) is 0 Å². The normalized spacial score (nSPS) is 7.71. The van der Waals surface area contributed by atoms with Gasteiger partial charge in [-0.1, -0.05) is 39.5 Å². The number of unbranched alkanes of at least 4 members (excludes halogenated alkanes) is 3. The van der Waals surface area contributed by atoms with Gasteiger partial charge in [0.1, 0.15) is 0 Å². The molecule has 0 rings (SSSR count). The summed E-state index contributed by atoms with van der Waals surface area (Å²) in [5.74, 6) is 0. The van der Waals surface area contributed by atoms with Crippen LogP contribution < -0.4 is 0 Å². The Balaban J connectivity index is 0. The molecule has 0 N–H and O–H groups in total. The van der Waals surface area contributed by atoms with Crippen molar-refractivity contribution in [1.82, 2.24) is 0 Å². The average molecular weight is 207 g/mol. The van der Waals surface area contributed by atoms with Gasteiger partial charge in [-0.3, -0.25) is 0 Å². The van der Waals surface area contributed by atoms with Gasteiger partial charge in [0.25, 0.3) is 0 Å². The van der Waals surface area contributed by atoms with Gasteiger partial charge in [0.05, 0.1) is 0 Å². The van der Waals surface area contributed by atoms with E-state index in [1.807, 2.05) is 0 Å². The van der Waals surface area contributed by atoms with Crippen molar-refractivity contribution in [2.75, 3.05) is 0 Å². The van der Waals surface area contributed by atoms with Gasteiger partial charge in [0, 0.05) is 0 Å². The van der Waals surface area contributed by atoms with Crippen molar-refractivity contribution in [3.63, 3.8) is 0 Å². The molecule has 0 aliphatic heterocycles. The Kier molecular flexibility index (Phi) is 15.2. The summed E-state index contributed by atoms with van der Waals surface area (Å²) in [6.07, 6.45) is 5.54. The molecule has 0 spiro atoms. The summed E-state index contributed by atoms with van der Waals surface area (Å²) in [5, 5.41) is 0. The van der Waals surface area contributed by atoms with E-state index in [0.29, 0.717) is 0 Å². The van der Waals surface area contributed by atoms with E-state index in [4.69, 9.17) is 0 Å². The molecule has 0 saturated carbocycles. The summed E-state index contributed by atoms with van der Waals surface area (Å²) in [7, 11) is 0. The first kappa shape index (κ1) is 10.7. The molecule has 0 aromatic heterocycles. The third-order valence-corrected chi connectivity index (χ3v) is 0.957. The standard InChI is InChI=1S/C6H14.Sn.2H/c1-3-5-6-4-2;;;/h3-6H2,1-2H3;;;. The van der Waals surface area contributed by atoms with Crippen LogP contribution in [0.25, 0.3) is 0 Å². The molecule has 0 amide bonds. The van der Waals surface area contributed by atoms with Crippen LogP contribution in [0.2, 0.25) is 0 Å². The summed E-state index contributed by atoms with van der Waals surface area (Å²) in [4.78, 5) is 0. The van der Waals surface area contributed by atoms with Crippen LogP contribution in [-0.2, 0) is 0 Å². The fraction of sp³-hybridized carbons (Fsp3) is 1.00. The molecule has 2 radical (unpaired) electrons. The van der Waals surface area contributed by atoms with Crippen molar-refractivity contribution < 1.29 is 0 Å². The first-order chi connectivity index (χ1) is 2.91. The van der Waals surface area contributed by atoms with Crippen LogP contribution in [0.1, 0.15) is 39.5 Å². The third-order valence-electron chi connectivity index (χ3n) is 0.957. The van der Waals surface area contributed by atoms with Crippen molar-refractivity contribution in [2.45, 2.75) is 39.5 Å². The molecule has 0 heterocycles. The van der Waals surface area contributed by atoms with Gasteiger partial charge in [-0.25, -0.2) is 0 Å². The minimum absolute atomic E-state index is 0. The number of hydrogen-bond acceptors (Lipinski definition) is 0. The van der Waals surface area contributed by atoms with Crippen LogP contribution in [0.15, 0.2) is 0 Å². The van der Waals surface area contributed by atoms with Gasteiger partial charge in [0.15, 0.2) is 0 Å². The van der Waals surface area contributed by atoms with Crippen molar-refractivity contribution >= 4 is 23.9 Å². The van der Waals surface area contributed by atoms with Crippen molar-refractivity contribution in [3.8, 4) is 0 Å².